The van der Waals surface area contributed by atoms with E-state index in [1.807, 2.05) is 0 Å². The first kappa shape index (κ1) is 12.8. The highest BCUT2D eigenvalue weighted by atomic mass is 16.5. The molecule has 1 fully saturated rings. The van der Waals surface area contributed by atoms with Crippen LogP contribution in [0.2, 0.25) is 0 Å². The van der Waals surface area contributed by atoms with Crippen molar-refractivity contribution in [3.05, 3.63) is 18.1 Å². The number of nitrogens with one attached hydrogen (secondary N) is 2. The van der Waals surface area contributed by atoms with Gasteiger partial charge in [-0.3, -0.25) is 0 Å². The van der Waals surface area contributed by atoms with Gasteiger partial charge >= 0.3 is 5.97 Å². The van der Waals surface area contributed by atoms with Crippen LogP contribution in [0.25, 0.3) is 0 Å². The molecule has 1 atom stereocenters. The fraction of sp³-hybridized carbons (Fsp3) is 0.583. The molecule has 18 heavy (non-hydrogen) atoms. The predicted molar refractivity (Wildman–Crippen MR) is 67.5 cm³/mol. The van der Waals surface area contributed by atoms with Crippen LogP contribution in [-0.4, -0.2) is 42.2 Å². The van der Waals surface area contributed by atoms with Crippen molar-refractivity contribution in [1.82, 2.24) is 15.3 Å². The zero-order valence-electron chi connectivity index (χ0n) is 10.5. The summed E-state index contributed by atoms with van der Waals surface area (Å²) in [6, 6.07) is 2.21. The molecular formula is C12H18N4O2. The molecule has 6 nitrogen and oxygen atoms in total. The Labute approximate surface area is 106 Å². The van der Waals surface area contributed by atoms with Gasteiger partial charge in [-0.15, -0.1) is 0 Å². The van der Waals surface area contributed by atoms with E-state index < -0.39 is 5.97 Å². The molecule has 1 aliphatic rings. The maximum atomic E-state index is 11.3. The van der Waals surface area contributed by atoms with Gasteiger partial charge in [0.2, 0.25) is 5.82 Å². The van der Waals surface area contributed by atoms with E-state index in [2.05, 4.69) is 25.3 Å². The predicted octanol–water partition coefficient (Wildman–Crippen LogP) is 0.817. The maximum absolute atomic E-state index is 11.3. The lowest BCUT2D eigenvalue weighted by Gasteiger charge is -2.23. The molecule has 2 rings (SSSR count). The second-order valence-electron chi connectivity index (χ2n) is 4.28. The van der Waals surface area contributed by atoms with Crippen molar-refractivity contribution in [3.8, 4) is 0 Å². The normalized spacial score (nSPS) is 19.3. The minimum Gasteiger partial charge on any atom is -0.463 e. The van der Waals surface area contributed by atoms with Crippen LogP contribution >= 0.6 is 0 Å². The van der Waals surface area contributed by atoms with Crippen molar-refractivity contribution in [2.75, 3.05) is 25.5 Å². The first-order valence-corrected chi connectivity index (χ1v) is 6.18. The zero-order chi connectivity index (χ0) is 12.8. The number of carbonyl (C=O) groups excluding carboxylic acids is 1. The Kier molecular flexibility index (Phi) is 4.46. The Morgan fingerprint density at radius 3 is 3.22 bits per heavy atom. The van der Waals surface area contributed by atoms with Crippen molar-refractivity contribution < 1.29 is 9.53 Å². The third-order valence-electron chi connectivity index (χ3n) is 2.97. The highest BCUT2D eigenvalue weighted by Gasteiger charge is 2.13. The van der Waals surface area contributed by atoms with Gasteiger partial charge in [0.1, 0.15) is 5.82 Å². The first-order valence-electron chi connectivity index (χ1n) is 6.18. The van der Waals surface area contributed by atoms with Gasteiger partial charge in [0, 0.05) is 18.8 Å². The van der Waals surface area contributed by atoms with E-state index in [4.69, 9.17) is 0 Å². The lowest BCUT2D eigenvalue weighted by molar-refractivity contribution is 0.0587. The minimum atomic E-state index is -0.519. The molecule has 98 valence electrons. The van der Waals surface area contributed by atoms with E-state index in [-0.39, 0.29) is 5.82 Å². The van der Waals surface area contributed by atoms with Crippen LogP contribution in [0, 0.1) is 0 Å². The molecule has 0 radical (unpaired) electrons. The number of hydrogen-bond acceptors (Lipinski definition) is 6. The summed E-state index contributed by atoms with van der Waals surface area (Å²) in [6.45, 7) is 1.88. The molecule has 2 N–H and O–H groups in total. The Morgan fingerprint density at radius 2 is 2.50 bits per heavy atom. The number of nitrogens with zero attached hydrogens (tertiary/aromatic N) is 2. The Morgan fingerprint density at radius 1 is 1.61 bits per heavy atom. The fourth-order valence-corrected chi connectivity index (χ4v) is 1.97. The summed E-state index contributed by atoms with van der Waals surface area (Å²) in [5.41, 5.74) is 0. The number of rotatable bonds is 4. The zero-order valence-corrected chi connectivity index (χ0v) is 10.5. The second-order valence-corrected chi connectivity index (χ2v) is 4.28. The molecule has 0 bridgehead atoms. The van der Waals surface area contributed by atoms with E-state index in [1.54, 1.807) is 12.3 Å². The second kappa shape index (κ2) is 6.30. The smallest absolute Gasteiger partial charge is 0.376 e. The van der Waals surface area contributed by atoms with Gasteiger partial charge < -0.3 is 15.4 Å². The Hall–Kier alpha value is -1.69. The van der Waals surface area contributed by atoms with Crippen LogP contribution in [-0.2, 0) is 4.74 Å². The molecule has 1 aromatic rings. The number of esters is 1. The van der Waals surface area contributed by atoms with Crippen LogP contribution in [0.4, 0.5) is 5.82 Å². The molecule has 6 heteroatoms. The van der Waals surface area contributed by atoms with E-state index in [9.17, 15) is 4.79 Å². The number of ether oxygens (including phenoxy) is 1. The molecule has 1 aromatic heterocycles. The Bertz CT molecular complexity index is 405. The monoisotopic (exact) mass is 250 g/mol. The molecule has 1 unspecified atom stereocenters. The number of hydrogen-bond donors (Lipinski definition) is 2. The summed E-state index contributed by atoms with van der Waals surface area (Å²) >= 11 is 0. The SMILES string of the molecule is COC(=O)c1nccc(NCC2CCCCN2)n1. The third kappa shape index (κ3) is 3.40. The fourth-order valence-electron chi connectivity index (χ4n) is 1.97. The van der Waals surface area contributed by atoms with Crippen LogP contribution in [0.1, 0.15) is 29.9 Å². The highest BCUT2D eigenvalue weighted by molar-refractivity contribution is 5.85. The van der Waals surface area contributed by atoms with Gasteiger partial charge in [-0.1, -0.05) is 6.42 Å². The lowest BCUT2D eigenvalue weighted by atomic mass is 10.1. The molecule has 0 aromatic carbocycles. The summed E-state index contributed by atoms with van der Waals surface area (Å²) in [7, 11) is 1.32. The van der Waals surface area contributed by atoms with Gasteiger partial charge in [-0.25, -0.2) is 14.8 Å². The molecular weight excluding hydrogens is 232 g/mol. The van der Waals surface area contributed by atoms with E-state index in [0.29, 0.717) is 11.9 Å². The van der Waals surface area contributed by atoms with Gasteiger partial charge in [0.25, 0.3) is 0 Å². The standard InChI is InChI=1S/C12H18N4O2/c1-18-12(17)11-14-7-5-10(16-11)15-8-9-4-2-3-6-13-9/h5,7,9,13H,2-4,6,8H2,1H3,(H,14,15,16). The number of carbonyl (C=O) groups is 1. The van der Waals surface area contributed by atoms with Crippen molar-refractivity contribution in [2.24, 2.45) is 0 Å². The Balaban J connectivity index is 1.90. The van der Waals surface area contributed by atoms with Crippen LogP contribution < -0.4 is 10.6 Å². The third-order valence-corrected chi connectivity index (χ3v) is 2.97. The van der Waals surface area contributed by atoms with E-state index in [0.717, 1.165) is 13.1 Å². The summed E-state index contributed by atoms with van der Waals surface area (Å²) < 4.78 is 4.58. The molecule has 0 amide bonds. The number of methoxy groups -OCH3 is 1. The highest BCUT2D eigenvalue weighted by Crippen LogP contribution is 2.08. The van der Waals surface area contributed by atoms with Crippen LogP contribution in [0.15, 0.2) is 12.3 Å². The minimum absolute atomic E-state index is 0.0825. The van der Waals surface area contributed by atoms with E-state index >= 15 is 0 Å². The van der Waals surface area contributed by atoms with Gasteiger partial charge in [0.15, 0.2) is 0 Å². The van der Waals surface area contributed by atoms with Gasteiger partial charge in [-0.2, -0.15) is 0 Å². The van der Waals surface area contributed by atoms with Gasteiger partial charge in [-0.05, 0) is 25.5 Å². The molecule has 2 heterocycles. The van der Waals surface area contributed by atoms with Crippen molar-refractivity contribution in [3.63, 3.8) is 0 Å². The quantitative estimate of drug-likeness (QED) is 0.770. The van der Waals surface area contributed by atoms with Crippen molar-refractivity contribution in [1.29, 1.82) is 0 Å². The van der Waals surface area contributed by atoms with Crippen molar-refractivity contribution in [2.45, 2.75) is 25.3 Å². The lowest BCUT2D eigenvalue weighted by Crippen LogP contribution is -2.39. The van der Waals surface area contributed by atoms with Gasteiger partial charge in [0.05, 0.1) is 7.11 Å². The molecule has 1 saturated heterocycles. The summed E-state index contributed by atoms with van der Waals surface area (Å²) in [5, 5.41) is 6.65. The number of piperidine rings is 1. The van der Waals surface area contributed by atoms with Crippen molar-refractivity contribution >= 4 is 11.8 Å². The molecule has 1 aliphatic heterocycles. The average molecular weight is 250 g/mol. The average Bonchev–Trinajstić information content (AvgIpc) is 2.45. The van der Waals surface area contributed by atoms with E-state index in [1.165, 1.54) is 26.4 Å². The van der Waals surface area contributed by atoms with Crippen LogP contribution in [0.3, 0.4) is 0 Å². The first-order chi connectivity index (χ1) is 8.79. The summed E-state index contributed by atoms with van der Waals surface area (Å²) in [6.07, 6.45) is 5.23. The topological polar surface area (TPSA) is 76.1 Å². The molecule has 0 aliphatic carbocycles. The number of anilines is 1. The van der Waals surface area contributed by atoms with Crippen LogP contribution in [0.5, 0.6) is 0 Å². The summed E-state index contributed by atoms with van der Waals surface area (Å²) in [5.74, 6) is 0.214. The number of aromatic nitrogens is 2. The summed E-state index contributed by atoms with van der Waals surface area (Å²) in [4.78, 5) is 19.3. The molecule has 0 saturated carbocycles. The maximum Gasteiger partial charge on any atom is 0.376 e. The largest absolute Gasteiger partial charge is 0.463 e. The molecule has 0 spiro atoms.